The van der Waals surface area contributed by atoms with Gasteiger partial charge in [-0.2, -0.15) is 17.5 Å². The van der Waals surface area contributed by atoms with Crippen LogP contribution < -0.4 is 4.90 Å². The summed E-state index contributed by atoms with van der Waals surface area (Å²) in [6.45, 7) is 2.59. The molecule has 1 N–H and O–H groups in total. The van der Waals surface area contributed by atoms with Crippen LogP contribution in [0.3, 0.4) is 0 Å². The average Bonchev–Trinajstić information content (AvgIpc) is 2.69. The highest BCUT2D eigenvalue weighted by molar-refractivity contribution is 7.89. The largest absolute Gasteiger partial charge is 0.481 e. The summed E-state index contributed by atoms with van der Waals surface area (Å²) in [5.74, 6) is -1.05. The van der Waals surface area contributed by atoms with Gasteiger partial charge in [-0.3, -0.25) is 4.79 Å². The molecule has 162 valence electrons. The molecule has 0 atom stereocenters. The van der Waals surface area contributed by atoms with Crippen LogP contribution in [0.4, 0.5) is 18.9 Å². The smallest absolute Gasteiger partial charge is 0.433 e. The molecule has 0 bridgehead atoms. The Morgan fingerprint density at radius 3 is 2.33 bits per heavy atom. The minimum atomic E-state index is -4.52. The van der Waals surface area contributed by atoms with E-state index >= 15 is 0 Å². The number of benzene rings is 1. The second-order valence-electron chi connectivity index (χ2n) is 6.95. The first-order valence-corrected chi connectivity index (χ1v) is 10.5. The number of alkyl halides is 3. The fraction of sp³-hybridized carbons (Fsp3) is 0.368. The number of hydrogen-bond donors (Lipinski definition) is 1. The van der Waals surface area contributed by atoms with E-state index in [0.717, 1.165) is 12.3 Å². The normalized spacial score (nSPS) is 15.9. The van der Waals surface area contributed by atoms with Gasteiger partial charge in [0.15, 0.2) is 0 Å². The topological polar surface area (TPSA) is 90.8 Å². The van der Waals surface area contributed by atoms with Crippen molar-refractivity contribution < 1.29 is 31.5 Å². The van der Waals surface area contributed by atoms with Gasteiger partial charge in [-0.1, -0.05) is 6.07 Å². The molecular weight excluding hydrogens is 423 g/mol. The summed E-state index contributed by atoms with van der Waals surface area (Å²) in [4.78, 5) is 16.2. The van der Waals surface area contributed by atoms with Crippen LogP contribution >= 0.6 is 0 Å². The van der Waals surface area contributed by atoms with Gasteiger partial charge in [0.05, 0.1) is 23.2 Å². The van der Waals surface area contributed by atoms with E-state index in [1.165, 1.54) is 22.5 Å². The Hall–Kier alpha value is -2.66. The molecule has 30 heavy (non-hydrogen) atoms. The number of hydrogen-bond acceptors (Lipinski definition) is 5. The number of piperazine rings is 1. The monoisotopic (exact) mass is 443 g/mol. The van der Waals surface area contributed by atoms with E-state index in [4.69, 9.17) is 5.11 Å². The Balaban J connectivity index is 1.72. The standard InChI is InChI=1S/C19H20F3N3O4S/c1-13-2-4-16(10-14(13)11-18(26)27)30(28,29)25-8-6-24(7-9-25)15-3-5-17(23-12-15)19(20,21)22/h2-5,10,12H,6-9,11H2,1H3,(H,26,27). The Morgan fingerprint density at radius 1 is 1.13 bits per heavy atom. The van der Waals surface area contributed by atoms with Crippen molar-refractivity contribution in [3.05, 3.63) is 53.3 Å². The maximum atomic E-state index is 13.0. The molecule has 0 saturated carbocycles. The van der Waals surface area contributed by atoms with Crippen molar-refractivity contribution in [2.75, 3.05) is 31.1 Å². The first kappa shape index (κ1) is 22.0. The Kier molecular flexibility index (Phi) is 6.04. The van der Waals surface area contributed by atoms with Crippen LogP contribution in [0, 0.1) is 6.92 Å². The number of carboxylic acids is 1. The lowest BCUT2D eigenvalue weighted by Gasteiger charge is -2.35. The van der Waals surface area contributed by atoms with Crippen LogP contribution in [0.25, 0.3) is 0 Å². The van der Waals surface area contributed by atoms with Crippen LogP contribution in [0.15, 0.2) is 41.4 Å². The molecule has 2 heterocycles. The predicted molar refractivity (Wildman–Crippen MR) is 103 cm³/mol. The Bertz CT molecular complexity index is 1030. The number of aliphatic carboxylic acids is 1. The number of anilines is 1. The summed E-state index contributed by atoms with van der Waals surface area (Å²) < 4.78 is 65.1. The minimum absolute atomic E-state index is 0.0222. The van der Waals surface area contributed by atoms with Crippen LogP contribution in [-0.4, -0.2) is 55.0 Å². The van der Waals surface area contributed by atoms with E-state index < -0.39 is 27.9 Å². The number of halogens is 3. The van der Waals surface area contributed by atoms with E-state index in [1.54, 1.807) is 17.9 Å². The molecule has 0 unspecified atom stereocenters. The van der Waals surface area contributed by atoms with Crippen molar-refractivity contribution in [1.82, 2.24) is 9.29 Å². The van der Waals surface area contributed by atoms with Crippen LogP contribution in [0.5, 0.6) is 0 Å². The van der Waals surface area contributed by atoms with Crippen LogP contribution in [0.1, 0.15) is 16.8 Å². The SMILES string of the molecule is Cc1ccc(S(=O)(=O)N2CCN(c3ccc(C(F)(F)F)nc3)CC2)cc1CC(=O)O. The highest BCUT2D eigenvalue weighted by Crippen LogP contribution is 2.29. The van der Waals surface area contributed by atoms with Gasteiger partial charge in [-0.25, -0.2) is 13.4 Å². The molecule has 0 aliphatic carbocycles. The minimum Gasteiger partial charge on any atom is -0.481 e. The molecule has 1 fully saturated rings. The molecule has 1 saturated heterocycles. The van der Waals surface area contributed by atoms with Crippen molar-refractivity contribution >= 4 is 21.7 Å². The van der Waals surface area contributed by atoms with Gasteiger partial charge in [0, 0.05) is 26.2 Å². The van der Waals surface area contributed by atoms with Gasteiger partial charge in [0.1, 0.15) is 5.69 Å². The number of rotatable bonds is 5. The van der Waals surface area contributed by atoms with Gasteiger partial charge >= 0.3 is 12.1 Å². The zero-order chi connectivity index (χ0) is 22.1. The third-order valence-electron chi connectivity index (χ3n) is 4.94. The van der Waals surface area contributed by atoms with E-state index in [-0.39, 0.29) is 24.4 Å². The molecule has 0 radical (unpaired) electrons. The fourth-order valence-electron chi connectivity index (χ4n) is 3.24. The first-order valence-electron chi connectivity index (χ1n) is 9.08. The molecule has 1 aromatic heterocycles. The maximum absolute atomic E-state index is 13.0. The molecule has 1 aliphatic heterocycles. The van der Waals surface area contributed by atoms with Gasteiger partial charge in [-0.05, 0) is 42.3 Å². The van der Waals surface area contributed by atoms with E-state index in [1.807, 2.05) is 0 Å². The number of pyridine rings is 1. The fourth-order valence-corrected chi connectivity index (χ4v) is 4.71. The van der Waals surface area contributed by atoms with Crippen LogP contribution in [-0.2, 0) is 27.4 Å². The lowest BCUT2D eigenvalue weighted by molar-refractivity contribution is -0.141. The molecule has 0 amide bonds. The predicted octanol–water partition coefficient (Wildman–Crippen LogP) is 2.55. The summed E-state index contributed by atoms with van der Waals surface area (Å²) in [6, 6.07) is 6.62. The zero-order valence-corrected chi connectivity index (χ0v) is 16.9. The quantitative estimate of drug-likeness (QED) is 0.764. The van der Waals surface area contributed by atoms with Gasteiger partial charge in [0.2, 0.25) is 10.0 Å². The lowest BCUT2D eigenvalue weighted by Crippen LogP contribution is -2.48. The van der Waals surface area contributed by atoms with Gasteiger partial charge in [0.25, 0.3) is 0 Å². The van der Waals surface area contributed by atoms with Crippen molar-refractivity contribution in [2.45, 2.75) is 24.4 Å². The Labute approximate surface area is 171 Å². The summed E-state index contributed by atoms with van der Waals surface area (Å²) >= 11 is 0. The first-order chi connectivity index (χ1) is 14.0. The summed E-state index contributed by atoms with van der Waals surface area (Å²) in [7, 11) is -3.82. The molecule has 11 heteroatoms. The van der Waals surface area contributed by atoms with E-state index in [9.17, 15) is 26.4 Å². The third-order valence-corrected chi connectivity index (χ3v) is 6.84. The van der Waals surface area contributed by atoms with Gasteiger partial charge < -0.3 is 10.0 Å². The van der Waals surface area contributed by atoms with Crippen molar-refractivity contribution in [3.8, 4) is 0 Å². The number of carboxylic acid groups (broad SMARTS) is 1. The molecule has 2 aromatic rings. The third kappa shape index (κ3) is 4.73. The maximum Gasteiger partial charge on any atom is 0.433 e. The highest BCUT2D eigenvalue weighted by atomic mass is 32.2. The summed E-state index contributed by atoms with van der Waals surface area (Å²) in [6.07, 6.45) is -3.66. The number of aryl methyl sites for hydroxylation is 1. The molecule has 1 aliphatic rings. The molecule has 1 aromatic carbocycles. The lowest BCUT2D eigenvalue weighted by atomic mass is 10.1. The highest BCUT2D eigenvalue weighted by Gasteiger charge is 2.33. The number of carbonyl (C=O) groups is 1. The zero-order valence-electron chi connectivity index (χ0n) is 16.1. The molecule has 3 rings (SSSR count). The number of sulfonamides is 1. The van der Waals surface area contributed by atoms with Gasteiger partial charge in [-0.15, -0.1) is 0 Å². The summed E-state index contributed by atoms with van der Waals surface area (Å²) in [5, 5.41) is 9.00. The van der Waals surface area contributed by atoms with E-state index in [0.29, 0.717) is 29.9 Å². The average molecular weight is 443 g/mol. The van der Waals surface area contributed by atoms with Crippen molar-refractivity contribution in [1.29, 1.82) is 0 Å². The molecular formula is C19H20F3N3O4S. The van der Waals surface area contributed by atoms with Crippen LogP contribution in [0.2, 0.25) is 0 Å². The Morgan fingerprint density at radius 2 is 1.80 bits per heavy atom. The second-order valence-corrected chi connectivity index (χ2v) is 8.89. The van der Waals surface area contributed by atoms with E-state index in [2.05, 4.69) is 4.98 Å². The van der Waals surface area contributed by atoms with Crippen molar-refractivity contribution in [2.24, 2.45) is 0 Å². The molecule has 0 spiro atoms. The summed E-state index contributed by atoms with van der Waals surface area (Å²) in [5.41, 5.74) is 0.622. The van der Waals surface area contributed by atoms with Crippen molar-refractivity contribution in [3.63, 3.8) is 0 Å². The number of nitrogens with zero attached hydrogens (tertiary/aromatic N) is 3. The second kappa shape index (κ2) is 8.23. The number of aromatic nitrogens is 1. The molecule has 7 nitrogen and oxygen atoms in total.